The lowest BCUT2D eigenvalue weighted by molar-refractivity contribution is -0.107. The van der Waals surface area contributed by atoms with Gasteiger partial charge in [0.2, 0.25) is 5.12 Å². The largest absolute Gasteiger partial charge is 0.279 e. The number of carbonyl (C=O) groups is 1. The van der Waals surface area contributed by atoms with Gasteiger partial charge in [-0.2, -0.15) is 11.3 Å². The molecule has 0 saturated heterocycles. The molecule has 0 bridgehead atoms. The monoisotopic (exact) mass is 255 g/mol. The Labute approximate surface area is 101 Å². The fraction of sp³-hybridized carbons (Fsp3) is 0.200. The molecule has 1 aliphatic rings. The Morgan fingerprint density at radius 1 is 1.60 bits per heavy atom. The molecule has 0 amide bonds. The van der Waals surface area contributed by atoms with E-state index in [9.17, 15) is 4.79 Å². The van der Waals surface area contributed by atoms with Crippen LogP contribution in [-0.4, -0.2) is 15.2 Å². The molecule has 0 saturated carbocycles. The van der Waals surface area contributed by atoms with Crippen molar-refractivity contribution in [1.29, 1.82) is 0 Å². The van der Waals surface area contributed by atoms with Crippen molar-refractivity contribution in [1.82, 2.24) is 0 Å². The van der Waals surface area contributed by atoms with Gasteiger partial charge in [-0.15, -0.1) is 0 Å². The minimum Gasteiger partial charge on any atom is -0.279 e. The highest BCUT2D eigenvalue weighted by molar-refractivity contribution is 8.45. The van der Waals surface area contributed by atoms with Crippen molar-refractivity contribution >= 4 is 50.4 Å². The molecule has 0 N–H and O–H groups in total. The van der Waals surface area contributed by atoms with Crippen LogP contribution < -0.4 is 0 Å². The van der Waals surface area contributed by atoms with Gasteiger partial charge >= 0.3 is 0 Å². The lowest BCUT2D eigenvalue weighted by atomic mass is 10.3. The average molecular weight is 255 g/mol. The average Bonchev–Trinajstić information content (AvgIpc) is 2.79. The van der Waals surface area contributed by atoms with Gasteiger partial charge in [-0.1, -0.05) is 18.7 Å². The lowest BCUT2D eigenvalue weighted by Crippen LogP contribution is -1.87. The molecule has 0 radical (unpaired) electrons. The molecule has 1 aromatic heterocycles. The minimum atomic E-state index is 0.0529. The van der Waals surface area contributed by atoms with Crippen LogP contribution in [0.5, 0.6) is 0 Å². The van der Waals surface area contributed by atoms with Crippen LogP contribution in [0.25, 0.3) is 6.08 Å². The van der Waals surface area contributed by atoms with Crippen molar-refractivity contribution in [2.45, 2.75) is 6.92 Å². The Morgan fingerprint density at radius 3 is 3.13 bits per heavy atom. The summed E-state index contributed by atoms with van der Waals surface area (Å²) < 4.78 is 0.865. The SMILES string of the molecule is CCSC1=N/C(=C\c2ccsc2)C(=O)S1. The first kappa shape index (κ1) is 11.0. The molecule has 2 rings (SSSR count). The molecule has 15 heavy (non-hydrogen) atoms. The predicted molar refractivity (Wildman–Crippen MR) is 70.5 cm³/mol. The standard InChI is InChI=1S/C10H9NOS3/c1-2-14-10-11-8(9(12)15-10)5-7-3-4-13-6-7/h3-6H,2H2,1H3/b8-5-. The van der Waals surface area contributed by atoms with Crippen molar-refractivity contribution in [2.24, 2.45) is 4.99 Å². The summed E-state index contributed by atoms with van der Waals surface area (Å²) >= 11 is 4.46. The van der Waals surface area contributed by atoms with Crippen molar-refractivity contribution in [3.8, 4) is 0 Å². The molecule has 5 heteroatoms. The van der Waals surface area contributed by atoms with Gasteiger partial charge in [-0.05, 0) is 46.0 Å². The summed E-state index contributed by atoms with van der Waals surface area (Å²) in [5.41, 5.74) is 1.62. The minimum absolute atomic E-state index is 0.0529. The predicted octanol–water partition coefficient (Wildman–Crippen LogP) is 3.47. The van der Waals surface area contributed by atoms with E-state index in [-0.39, 0.29) is 5.12 Å². The highest BCUT2D eigenvalue weighted by Gasteiger charge is 2.21. The van der Waals surface area contributed by atoms with E-state index in [2.05, 4.69) is 11.9 Å². The summed E-state index contributed by atoms with van der Waals surface area (Å²) in [6, 6.07) is 1.98. The summed E-state index contributed by atoms with van der Waals surface area (Å²) in [6.45, 7) is 2.05. The second-order valence-corrected chi connectivity index (χ2v) is 6.04. The fourth-order valence-corrected chi connectivity index (χ4v) is 3.45. The maximum Gasteiger partial charge on any atom is 0.244 e. The third-order valence-corrected chi connectivity index (χ3v) is 4.31. The molecule has 78 valence electrons. The van der Waals surface area contributed by atoms with Gasteiger partial charge in [0.25, 0.3) is 0 Å². The van der Waals surface area contributed by atoms with Gasteiger partial charge in [-0.3, -0.25) is 4.79 Å². The zero-order chi connectivity index (χ0) is 10.7. The summed E-state index contributed by atoms with van der Waals surface area (Å²) in [5.74, 6) is 0.949. The molecule has 0 spiro atoms. The van der Waals surface area contributed by atoms with E-state index in [0.717, 1.165) is 15.7 Å². The third-order valence-electron chi connectivity index (χ3n) is 1.72. The smallest absolute Gasteiger partial charge is 0.244 e. The van der Waals surface area contributed by atoms with E-state index in [1.807, 2.05) is 22.9 Å². The molecule has 2 nitrogen and oxygen atoms in total. The van der Waals surface area contributed by atoms with E-state index in [1.54, 1.807) is 23.1 Å². The van der Waals surface area contributed by atoms with Crippen LogP contribution in [0.15, 0.2) is 27.5 Å². The maximum absolute atomic E-state index is 11.6. The number of nitrogens with zero attached hydrogens (tertiary/aromatic N) is 1. The lowest BCUT2D eigenvalue weighted by Gasteiger charge is -1.89. The van der Waals surface area contributed by atoms with Gasteiger partial charge in [0, 0.05) is 0 Å². The first-order valence-corrected chi connectivity index (χ1v) is 7.21. The second-order valence-electron chi connectivity index (χ2n) is 2.79. The Balaban J connectivity index is 2.19. The zero-order valence-corrected chi connectivity index (χ0v) is 10.5. The first-order chi connectivity index (χ1) is 7.29. The molecule has 0 atom stereocenters. The van der Waals surface area contributed by atoms with Crippen molar-refractivity contribution in [3.63, 3.8) is 0 Å². The van der Waals surface area contributed by atoms with Crippen LogP contribution in [0.3, 0.4) is 0 Å². The molecular weight excluding hydrogens is 246 g/mol. The normalized spacial score (nSPS) is 18.6. The number of aliphatic imine (C=N–C) groups is 1. The van der Waals surface area contributed by atoms with Gasteiger partial charge < -0.3 is 0 Å². The number of rotatable bonds is 2. The summed E-state index contributed by atoms with van der Waals surface area (Å²) in [6.07, 6.45) is 1.84. The molecule has 0 unspecified atom stereocenters. The molecule has 0 aliphatic carbocycles. The molecule has 1 aromatic rings. The number of hydrogen-bond donors (Lipinski definition) is 0. The van der Waals surface area contributed by atoms with E-state index >= 15 is 0 Å². The van der Waals surface area contributed by atoms with E-state index in [4.69, 9.17) is 0 Å². The molecule has 2 heterocycles. The van der Waals surface area contributed by atoms with Crippen LogP contribution in [-0.2, 0) is 4.79 Å². The highest BCUT2D eigenvalue weighted by atomic mass is 32.2. The fourth-order valence-electron chi connectivity index (χ4n) is 1.09. The summed E-state index contributed by atoms with van der Waals surface area (Å²) in [7, 11) is 0. The van der Waals surface area contributed by atoms with E-state index < -0.39 is 0 Å². The summed E-state index contributed by atoms with van der Waals surface area (Å²) in [5, 5.41) is 4.05. The van der Waals surface area contributed by atoms with Crippen molar-refractivity contribution in [3.05, 3.63) is 28.1 Å². The van der Waals surface area contributed by atoms with Crippen LogP contribution in [0, 0.1) is 0 Å². The third kappa shape index (κ3) is 2.74. The Morgan fingerprint density at radius 2 is 2.47 bits per heavy atom. The zero-order valence-electron chi connectivity index (χ0n) is 8.10. The van der Waals surface area contributed by atoms with Gasteiger partial charge in [0.15, 0.2) is 0 Å². The molecule has 1 aliphatic heterocycles. The number of hydrogen-bond acceptors (Lipinski definition) is 5. The first-order valence-electron chi connectivity index (χ1n) is 4.47. The van der Waals surface area contributed by atoms with E-state index in [0.29, 0.717) is 5.70 Å². The molecular formula is C10H9NOS3. The Kier molecular flexibility index (Phi) is 3.66. The van der Waals surface area contributed by atoms with Crippen LogP contribution >= 0.6 is 34.9 Å². The highest BCUT2D eigenvalue weighted by Crippen LogP contribution is 2.30. The Bertz CT molecular complexity index is 420. The summed E-state index contributed by atoms with van der Waals surface area (Å²) in [4.78, 5) is 15.8. The van der Waals surface area contributed by atoms with Crippen LogP contribution in [0.4, 0.5) is 0 Å². The van der Waals surface area contributed by atoms with Crippen LogP contribution in [0.2, 0.25) is 0 Å². The second kappa shape index (κ2) is 5.01. The van der Waals surface area contributed by atoms with Crippen LogP contribution in [0.1, 0.15) is 12.5 Å². The number of thiophene rings is 1. The quantitative estimate of drug-likeness (QED) is 0.758. The van der Waals surface area contributed by atoms with Crippen molar-refractivity contribution < 1.29 is 4.79 Å². The molecule has 0 fully saturated rings. The van der Waals surface area contributed by atoms with Gasteiger partial charge in [0.05, 0.1) is 0 Å². The number of carbonyl (C=O) groups excluding carboxylic acids is 1. The van der Waals surface area contributed by atoms with E-state index in [1.165, 1.54) is 11.8 Å². The Hall–Kier alpha value is -0.520. The van der Waals surface area contributed by atoms with Crippen molar-refractivity contribution in [2.75, 3.05) is 5.75 Å². The molecule has 0 aromatic carbocycles. The maximum atomic E-state index is 11.6. The van der Waals surface area contributed by atoms with Gasteiger partial charge in [0.1, 0.15) is 10.1 Å². The van der Waals surface area contributed by atoms with Gasteiger partial charge in [-0.25, -0.2) is 4.99 Å². The number of thioether (sulfide) groups is 2. The topological polar surface area (TPSA) is 29.4 Å².